The predicted octanol–water partition coefficient (Wildman–Crippen LogP) is 2.24. The highest BCUT2D eigenvalue weighted by atomic mass is 35.5. The summed E-state index contributed by atoms with van der Waals surface area (Å²) >= 11 is 5.73. The molecule has 0 aromatic carbocycles. The number of carbonyl (C=O) groups excluding carboxylic acids is 1. The second-order valence-corrected chi connectivity index (χ2v) is 3.83. The Morgan fingerprint density at radius 2 is 2.28 bits per heavy atom. The van der Waals surface area contributed by atoms with Gasteiger partial charge in [-0.15, -0.1) is 0 Å². The van der Waals surface area contributed by atoms with Gasteiger partial charge in [0.2, 0.25) is 0 Å². The topological polar surface area (TPSA) is 65.2 Å². The minimum atomic E-state index is -2.74. The maximum absolute atomic E-state index is 12.7. The molecule has 0 aliphatic carbocycles. The van der Waals surface area contributed by atoms with Crippen molar-refractivity contribution in [2.75, 3.05) is 6.61 Å². The van der Waals surface area contributed by atoms with Crippen molar-refractivity contribution in [3.63, 3.8) is 0 Å². The lowest BCUT2D eigenvalue weighted by atomic mass is 10.1. The SMILES string of the molecule is CCOC(=O)Cc1cc(C(F)F)c(Cl)c(CN)n1. The van der Waals surface area contributed by atoms with Crippen molar-refractivity contribution < 1.29 is 18.3 Å². The summed E-state index contributed by atoms with van der Waals surface area (Å²) in [5, 5.41) is -0.153. The van der Waals surface area contributed by atoms with Crippen molar-refractivity contribution in [1.29, 1.82) is 0 Å². The maximum Gasteiger partial charge on any atom is 0.311 e. The van der Waals surface area contributed by atoms with Gasteiger partial charge in [0.25, 0.3) is 6.43 Å². The van der Waals surface area contributed by atoms with E-state index in [-0.39, 0.29) is 41.5 Å². The van der Waals surface area contributed by atoms with Crippen LogP contribution in [0.25, 0.3) is 0 Å². The number of esters is 1. The van der Waals surface area contributed by atoms with Gasteiger partial charge < -0.3 is 10.5 Å². The van der Waals surface area contributed by atoms with Crippen LogP contribution >= 0.6 is 11.6 Å². The molecule has 100 valence electrons. The van der Waals surface area contributed by atoms with Gasteiger partial charge in [-0.3, -0.25) is 9.78 Å². The molecule has 1 heterocycles. The molecule has 1 rings (SSSR count). The van der Waals surface area contributed by atoms with E-state index in [0.717, 1.165) is 6.07 Å². The van der Waals surface area contributed by atoms with Gasteiger partial charge >= 0.3 is 5.97 Å². The molecule has 0 amide bonds. The van der Waals surface area contributed by atoms with Gasteiger partial charge in [0.1, 0.15) is 0 Å². The van der Waals surface area contributed by atoms with Crippen LogP contribution in [0, 0.1) is 0 Å². The van der Waals surface area contributed by atoms with Gasteiger partial charge in [-0.1, -0.05) is 11.6 Å². The van der Waals surface area contributed by atoms with Crippen LogP contribution in [-0.2, 0) is 22.5 Å². The molecule has 0 fully saturated rings. The van der Waals surface area contributed by atoms with E-state index in [1.807, 2.05) is 0 Å². The molecule has 0 atom stereocenters. The van der Waals surface area contributed by atoms with E-state index in [1.54, 1.807) is 6.92 Å². The minimum absolute atomic E-state index is 0.0742. The van der Waals surface area contributed by atoms with Gasteiger partial charge in [-0.25, -0.2) is 8.78 Å². The molecule has 0 unspecified atom stereocenters. The van der Waals surface area contributed by atoms with Crippen LogP contribution in [0.5, 0.6) is 0 Å². The van der Waals surface area contributed by atoms with Crippen molar-refractivity contribution in [2.24, 2.45) is 5.73 Å². The Balaban J connectivity index is 3.06. The highest BCUT2D eigenvalue weighted by molar-refractivity contribution is 6.32. The van der Waals surface area contributed by atoms with Crippen LogP contribution in [0.2, 0.25) is 5.02 Å². The number of aromatic nitrogens is 1. The van der Waals surface area contributed by atoms with Crippen LogP contribution in [-0.4, -0.2) is 17.6 Å². The molecular weight excluding hydrogens is 266 g/mol. The van der Waals surface area contributed by atoms with Crippen molar-refractivity contribution in [3.05, 3.63) is 28.0 Å². The molecule has 18 heavy (non-hydrogen) atoms. The number of pyridine rings is 1. The van der Waals surface area contributed by atoms with Gasteiger partial charge in [0.15, 0.2) is 0 Å². The summed E-state index contributed by atoms with van der Waals surface area (Å²) in [6.07, 6.45) is -2.93. The molecule has 2 N–H and O–H groups in total. The largest absolute Gasteiger partial charge is 0.466 e. The third-order valence-corrected chi connectivity index (χ3v) is 2.60. The zero-order valence-electron chi connectivity index (χ0n) is 9.75. The average molecular weight is 279 g/mol. The highest BCUT2D eigenvalue weighted by Crippen LogP contribution is 2.29. The zero-order valence-corrected chi connectivity index (χ0v) is 10.5. The molecule has 0 aliphatic heterocycles. The van der Waals surface area contributed by atoms with Crippen LogP contribution < -0.4 is 5.73 Å². The van der Waals surface area contributed by atoms with Crippen molar-refractivity contribution in [1.82, 2.24) is 4.98 Å². The van der Waals surface area contributed by atoms with Gasteiger partial charge in [-0.05, 0) is 13.0 Å². The summed E-state index contributed by atoms with van der Waals surface area (Å²) < 4.78 is 30.2. The normalized spacial score (nSPS) is 10.8. The van der Waals surface area contributed by atoms with Crippen LogP contribution in [0.15, 0.2) is 6.07 Å². The second-order valence-electron chi connectivity index (χ2n) is 3.45. The van der Waals surface area contributed by atoms with Gasteiger partial charge in [0.05, 0.1) is 29.4 Å². The van der Waals surface area contributed by atoms with Crippen molar-refractivity contribution in [2.45, 2.75) is 26.3 Å². The smallest absolute Gasteiger partial charge is 0.311 e. The number of alkyl halides is 2. The van der Waals surface area contributed by atoms with Crippen molar-refractivity contribution >= 4 is 17.6 Å². The first-order valence-corrected chi connectivity index (χ1v) is 5.69. The summed E-state index contributed by atoms with van der Waals surface area (Å²) in [6.45, 7) is 1.80. The monoisotopic (exact) mass is 278 g/mol. The first-order chi connectivity index (χ1) is 8.49. The lowest BCUT2D eigenvalue weighted by Gasteiger charge is -2.10. The number of hydrogen-bond donors (Lipinski definition) is 1. The standard InChI is InChI=1S/C11H13ClF2N2O2/c1-2-18-9(17)4-6-3-7(11(13)14)10(12)8(5-15)16-6/h3,11H,2,4-5,15H2,1H3. The molecule has 7 heteroatoms. The average Bonchev–Trinajstić information content (AvgIpc) is 2.31. The summed E-state index contributed by atoms with van der Waals surface area (Å²) in [7, 11) is 0. The fraction of sp³-hybridized carbons (Fsp3) is 0.455. The lowest BCUT2D eigenvalue weighted by Crippen LogP contribution is -2.12. The van der Waals surface area contributed by atoms with E-state index in [0.29, 0.717) is 0 Å². The van der Waals surface area contributed by atoms with E-state index in [4.69, 9.17) is 22.1 Å². The number of ether oxygens (including phenoxy) is 1. The number of halogens is 3. The Morgan fingerprint density at radius 1 is 1.61 bits per heavy atom. The van der Waals surface area contributed by atoms with E-state index in [1.165, 1.54) is 0 Å². The molecular formula is C11H13ClF2N2O2. The summed E-state index contributed by atoms with van der Waals surface area (Å²) in [5.74, 6) is -0.532. The van der Waals surface area contributed by atoms with Gasteiger partial charge in [0, 0.05) is 12.1 Å². The summed E-state index contributed by atoms with van der Waals surface area (Å²) in [6, 6.07) is 1.10. The molecule has 1 aromatic heterocycles. The first-order valence-electron chi connectivity index (χ1n) is 5.31. The van der Waals surface area contributed by atoms with Crippen LogP contribution in [0.4, 0.5) is 8.78 Å². The third-order valence-electron chi connectivity index (χ3n) is 2.17. The molecule has 1 aromatic rings. The number of hydrogen-bond acceptors (Lipinski definition) is 4. The van der Waals surface area contributed by atoms with Gasteiger partial charge in [-0.2, -0.15) is 0 Å². The van der Waals surface area contributed by atoms with E-state index < -0.39 is 12.4 Å². The Morgan fingerprint density at radius 3 is 2.78 bits per heavy atom. The number of rotatable bonds is 5. The molecule has 4 nitrogen and oxygen atoms in total. The summed E-state index contributed by atoms with van der Waals surface area (Å²) in [5.41, 5.74) is 5.32. The number of carbonyl (C=O) groups is 1. The zero-order chi connectivity index (χ0) is 13.7. The van der Waals surface area contributed by atoms with E-state index in [9.17, 15) is 13.6 Å². The number of nitrogens with zero attached hydrogens (tertiary/aromatic N) is 1. The molecule has 0 bridgehead atoms. The quantitative estimate of drug-likeness (QED) is 0.839. The van der Waals surface area contributed by atoms with E-state index >= 15 is 0 Å². The molecule has 0 spiro atoms. The molecule has 0 saturated carbocycles. The summed E-state index contributed by atoms with van der Waals surface area (Å²) in [4.78, 5) is 15.2. The van der Waals surface area contributed by atoms with E-state index in [2.05, 4.69) is 4.98 Å². The molecule has 0 saturated heterocycles. The lowest BCUT2D eigenvalue weighted by molar-refractivity contribution is -0.142. The fourth-order valence-corrected chi connectivity index (χ4v) is 1.67. The number of nitrogens with two attached hydrogens (primary N) is 1. The Bertz CT molecular complexity index is 441. The third kappa shape index (κ3) is 3.61. The molecule has 0 radical (unpaired) electrons. The maximum atomic E-state index is 12.7. The van der Waals surface area contributed by atoms with Crippen molar-refractivity contribution in [3.8, 4) is 0 Å². The first kappa shape index (κ1) is 14.8. The van der Waals surface area contributed by atoms with Crippen LogP contribution in [0.3, 0.4) is 0 Å². The highest BCUT2D eigenvalue weighted by Gasteiger charge is 2.18. The molecule has 0 aliphatic rings. The fourth-order valence-electron chi connectivity index (χ4n) is 1.41. The predicted molar refractivity (Wildman–Crippen MR) is 62.4 cm³/mol. The second kappa shape index (κ2) is 6.61. The minimum Gasteiger partial charge on any atom is -0.466 e. The Kier molecular flexibility index (Phi) is 5.43. The van der Waals surface area contributed by atoms with Crippen LogP contribution in [0.1, 0.15) is 30.3 Å². The Labute approximate surface area is 108 Å². The Hall–Kier alpha value is -1.27.